The number of rotatable bonds is 5. The fourth-order valence-electron chi connectivity index (χ4n) is 3.07. The second-order valence-corrected chi connectivity index (χ2v) is 6.61. The van der Waals surface area contributed by atoms with Crippen LogP contribution in [0.2, 0.25) is 0 Å². The van der Waals surface area contributed by atoms with Gasteiger partial charge in [-0.1, -0.05) is 6.92 Å². The van der Waals surface area contributed by atoms with Gasteiger partial charge in [-0.25, -0.2) is 0 Å². The molecule has 0 aromatic heterocycles. The van der Waals surface area contributed by atoms with Crippen molar-refractivity contribution in [2.75, 3.05) is 13.7 Å². The summed E-state index contributed by atoms with van der Waals surface area (Å²) in [4.78, 5) is 2.49. The molecule has 3 N–H and O–H groups in total. The average Bonchev–Trinajstić information content (AvgIpc) is 2.49. The lowest BCUT2D eigenvalue weighted by molar-refractivity contribution is 0.149. The zero-order valence-electron chi connectivity index (χ0n) is 12.8. The third kappa shape index (κ3) is 4.11. The van der Waals surface area contributed by atoms with Crippen LogP contribution in [0.25, 0.3) is 0 Å². The second-order valence-electron chi connectivity index (χ2n) is 5.76. The van der Waals surface area contributed by atoms with Crippen molar-refractivity contribution < 1.29 is 9.84 Å². The van der Waals surface area contributed by atoms with Gasteiger partial charge in [0.05, 0.1) is 11.6 Å². The highest BCUT2D eigenvalue weighted by molar-refractivity contribution is 9.10. The van der Waals surface area contributed by atoms with Crippen molar-refractivity contribution in [2.45, 2.75) is 51.2 Å². The average molecular weight is 357 g/mol. The molecule has 0 bridgehead atoms. The fourth-order valence-corrected chi connectivity index (χ4v) is 3.56. The van der Waals surface area contributed by atoms with Crippen LogP contribution in [-0.2, 0) is 6.54 Å². The molecule has 0 spiro atoms. The van der Waals surface area contributed by atoms with Crippen molar-refractivity contribution in [2.24, 2.45) is 5.73 Å². The number of hydrogen-bond donors (Lipinski definition) is 2. The Kier molecular flexibility index (Phi) is 5.90. The molecule has 0 radical (unpaired) electrons. The van der Waals surface area contributed by atoms with Crippen molar-refractivity contribution in [3.8, 4) is 11.5 Å². The lowest BCUT2D eigenvalue weighted by Crippen LogP contribution is -2.40. The topological polar surface area (TPSA) is 58.7 Å². The maximum absolute atomic E-state index is 9.89. The Morgan fingerprint density at radius 1 is 1.33 bits per heavy atom. The third-order valence-electron chi connectivity index (χ3n) is 4.36. The molecule has 118 valence electrons. The second kappa shape index (κ2) is 7.47. The Morgan fingerprint density at radius 3 is 2.57 bits per heavy atom. The molecule has 0 aliphatic heterocycles. The molecule has 5 heteroatoms. The van der Waals surface area contributed by atoms with E-state index >= 15 is 0 Å². The summed E-state index contributed by atoms with van der Waals surface area (Å²) in [5.74, 6) is 0.675. The normalized spacial score (nSPS) is 22.5. The highest BCUT2D eigenvalue weighted by atomic mass is 79.9. The lowest BCUT2D eigenvalue weighted by Gasteiger charge is -2.35. The predicted octanol–water partition coefficient (Wildman–Crippen LogP) is 3.26. The van der Waals surface area contributed by atoms with Crippen molar-refractivity contribution in [1.29, 1.82) is 0 Å². The van der Waals surface area contributed by atoms with Crippen LogP contribution in [0.15, 0.2) is 16.6 Å². The standard InChI is InChI=1S/C16H25BrN2O2/c1-3-19(13-6-4-12(18)5-7-13)10-11-8-14(17)16(20)15(9-11)21-2/h8-9,12-13,20H,3-7,10,18H2,1-2H3. The van der Waals surface area contributed by atoms with Crippen LogP contribution in [0.1, 0.15) is 38.2 Å². The maximum atomic E-state index is 9.89. The van der Waals surface area contributed by atoms with Crippen molar-refractivity contribution in [1.82, 2.24) is 4.90 Å². The molecule has 0 amide bonds. The minimum atomic E-state index is 0.160. The van der Waals surface area contributed by atoms with Gasteiger partial charge in [0.25, 0.3) is 0 Å². The van der Waals surface area contributed by atoms with Gasteiger partial charge in [-0.2, -0.15) is 0 Å². The van der Waals surface area contributed by atoms with Crippen molar-refractivity contribution >= 4 is 15.9 Å². The summed E-state index contributed by atoms with van der Waals surface area (Å²) in [7, 11) is 1.57. The monoisotopic (exact) mass is 356 g/mol. The molecule has 1 aliphatic rings. The Morgan fingerprint density at radius 2 is 2.00 bits per heavy atom. The van der Waals surface area contributed by atoms with Gasteiger partial charge in [-0.05, 0) is 65.9 Å². The Balaban J connectivity index is 2.09. The minimum Gasteiger partial charge on any atom is -0.503 e. The summed E-state index contributed by atoms with van der Waals surface area (Å²) in [5.41, 5.74) is 7.14. The molecule has 1 aromatic rings. The fraction of sp³-hybridized carbons (Fsp3) is 0.625. The van der Waals surface area contributed by atoms with Crippen LogP contribution < -0.4 is 10.5 Å². The first-order chi connectivity index (χ1) is 10.0. The summed E-state index contributed by atoms with van der Waals surface area (Å²) in [6.45, 7) is 4.08. The van der Waals surface area contributed by atoms with E-state index in [1.165, 1.54) is 12.8 Å². The molecular weight excluding hydrogens is 332 g/mol. The van der Waals surface area contributed by atoms with Crippen LogP contribution >= 0.6 is 15.9 Å². The molecule has 0 heterocycles. The Bertz CT molecular complexity index is 474. The number of halogens is 1. The zero-order valence-corrected chi connectivity index (χ0v) is 14.4. The molecule has 0 atom stereocenters. The number of phenols is 1. The highest BCUT2D eigenvalue weighted by Crippen LogP contribution is 2.36. The van der Waals surface area contributed by atoms with E-state index in [-0.39, 0.29) is 5.75 Å². The number of nitrogens with two attached hydrogens (primary N) is 1. The summed E-state index contributed by atoms with van der Waals surface area (Å²) >= 11 is 3.39. The molecule has 4 nitrogen and oxygen atoms in total. The van der Waals surface area contributed by atoms with Gasteiger partial charge in [0, 0.05) is 18.6 Å². The smallest absolute Gasteiger partial charge is 0.172 e. The number of hydrogen-bond acceptors (Lipinski definition) is 4. The largest absolute Gasteiger partial charge is 0.503 e. The minimum absolute atomic E-state index is 0.160. The maximum Gasteiger partial charge on any atom is 0.172 e. The van der Waals surface area contributed by atoms with Gasteiger partial charge in [0.2, 0.25) is 0 Å². The quantitative estimate of drug-likeness (QED) is 0.849. The zero-order chi connectivity index (χ0) is 15.4. The first-order valence-electron chi connectivity index (χ1n) is 7.60. The van der Waals surface area contributed by atoms with Gasteiger partial charge >= 0.3 is 0 Å². The number of ether oxygens (including phenoxy) is 1. The highest BCUT2D eigenvalue weighted by Gasteiger charge is 2.23. The van der Waals surface area contributed by atoms with E-state index in [4.69, 9.17) is 10.5 Å². The molecule has 0 unspecified atom stereocenters. The van der Waals surface area contributed by atoms with Gasteiger partial charge in [0.15, 0.2) is 11.5 Å². The van der Waals surface area contributed by atoms with E-state index < -0.39 is 0 Å². The molecular formula is C16H25BrN2O2. The van der Waals surface area contributed by atoms with Crippen LogP contribution in [-0.4, -0.2) is 35.7 Å². The summed E-state index contributed by atoms with van der Waals surface area (Å²) < 4.78 is 5.91. The van der Waals surface area contributed by atoms with E-state index in [1.807, 2.05) is 12.1 Å². The van der Waals surface area contributed by atoms with Crippen LogP contribution in [0, 0.1) is 0 Å². The van der Waals surface area contributed by atoms with Crippen LogP contribution in [0.5, 0.6) is 11.5 Å². The lowest BCUT2D eigenvalue weighted by atomic mass is 9.90. The number of aromatic hydroxyl groups is 1. The Hall–Kier alpha value is -0.780. The molecule has 1 fully saturated rings. The Labute approximate surface area is 135 Å². The molecule has 1 aromatic carbocycles. The van der Waals surface area contributed by atoms with E-state index in [1.54, 1.807) is 7.11 Å². The van der Waals surface area contributed by atoms with Gasteiger partial charge < -0.3 is 15.6 Å². The van der Waals surface area contributed by atoms with Crippen LogP contribution in [0.4, 0.5) is 0 Å². The number of methoxy groups -OCH3 is 1. The number of benzene rings is 1. The first-order valence-corrected chi connectivity index (χ1v) is 8.39. The molecule has 0 saturated heterocycles. The van der Waals surface area contributed by atoms with Crippen LogP contribution in [0.3, 0.4) is 0 Å². The van der Waals surface area contributed by atoms with Gasteiger partial charge in [0.1, 0.15) is 0 Å². The van der Waals surface area contributed by atoms with E-state index in [0.29, 0.717) is 22.3 Å². The van der Waals surface area contributed by atoms with Crippen molar-refractivity contribution in [3.63, 3.8) is 0 Å². The van der Waals surface area contributed by atoms with Crippen molar-refractivity contribution in [3.05, 3.63) is 22.2 Å². The third-order valence-corrected chi connectivity index (χ3v) is 4.96. The first kappa shape index (κ1) is 16.6. The van der Waals surface area contributed by atoms with E-state index in [9.17, 15) is 5.11 Å². The predicted molar refractivity (Wildman–Crippen MR) is 88.7 cm³/mol. The molecule has 21 heavy (non-hydrogen) atoms. The SMILES string of the molecule is CCN(Cc1cc(Br)c(O)c(OC)c1)C1CCC(N)CC1. The molecule has 1 aliphatic carbocycles. The molecule has 2 rings (SSSR count). The number of phenolic OH excluding ortho intramolecular Hbond substituents is 1. The number of nitrogens with zero attached hydrogens (tertiary/aromatic N) is 1. The van der Waals surface area contributed by atoms with E-state index in [2.05, 4.69) is 27.8 Å². The summed E-state index contributed by atoms with van der Waals surface area (Å²) in [6.07, 6.45) is 4.57. The van der Waals surface area contributed by atoms with E-state index in [0.717, 1.165) is 31.5 Å². The van der Waals surface area contributed by atoms with Gasteiger partial charge in [-0.15, -0.1) is 0 Å². The summed E-state index contributed by atoms with van der Waals surface area (Å²) in [5, 5.41) is 9.89. The molecule has 1 saturated carbocycles. The van der Waals surface area contributed by atoms with Gasteiger partial charge in [-0.3, -0.25) is 4.90 Å². The summed E-state index contributed by atoms with van der Waals surface area (Å²) in [6, 6.07) is 4.86.